The van der Waals surface area contributed by atoms with Gasteiger partial charge >= 0.3 is 0 Å². The minimum Gasteiger partial charge on any atom is -0.497 e. The van der Waals surface area contributed by atoms with Gasteiger partial charge < -0.3 is 4.74 Å². The molecule has 0 radical (unpaired) electrons. The molecule has 2 aromatic carbocycles. The molecule has 0 atom stereocenters. The molecule has 126 valence electrons. The molecule has 1 heterocycles. The van der Waals surface area contributed by atoms with E-state index in [-0.39, 0.29) is 23.6 Å². The summed E-state index contributed by atoms with van der Waals surface area (Å²) in [5.41, 5.74) is 2.49. The molecule has 2 aromatic rings. The third-order valence-corrected chi connectivity index (χ3v) is 6.19. The molecule has 0 N–H and O–H groups in total. The Bertz CT molecular complexity index is 919. The molecule has 1 aliphatic rings. The van der Waals surface area contributed by atoms with E-state index in [1.54, 1.807) is 37.3 Å². The van der Waals surface area contributed by atoms with Crippen LogP contribution in [-0.2, 0) is 10.0 Å². The Morgan fingerprint density at radius 2 is 1.83 bits per heavy atom. The van der Waals surface area contributed by atoms with Crippen LogP contribution in [0.25, 0.3) is 0 Å². The van der Waals surface area contributed by atoms with E-state index in [2.05, 4.69) is 0 Å². The number of carbonyl (C=O) groups excluding carboxylic acids is 1. The number of nitrogens with zero attached hydrogens (tertiary/aromatic N) is 1. The summed E-state index contributed by atoms with van der Waals surface area (Å²) in [5.74, 6) is 0.462. The van der Waals surface area contributed by atoms with Crippen LogP contribution in [0.5, 0.6) is 5.75 Å². The van der Waals surface area contributed by atoms with Crippen LogP contribution in [0.15, 0.2) is 41.3 Å². The summed E-state index contributed by atoms with van der Waals surface area (Å²) in [5, 5.41) is 0. The third-order valence-electron chi connectivity index (χ3n) is 4.21. The largest absolute Gasteiger partial charge is 0.497 e. The maximum atomic E-state index is 13.1. The first-order valence-corrected chi connectivity index (χ1v) is 9.10. The van der Waals surface area contributed by atoms with E-state index in [9.17, 15) is 13.2 Å². The molecule has 0 saturated heterocycles. The average Bonchev–Trinajstić information content (AvgIpc) is 2.54. The molecule has 0 saturated carbocycles. The number of anilines is 1. The van der Waals surface area contributed by atoms with E-state index in [4.69, 9.17) is 4.74 Å². The lowest BCUT2D eigenvalue weighted by Crippen LogP contribution is -2.37. The predicted octanol–water partition coefficient (Wildman–Crippen LogP) is 3.09. The lowest BCUT2D eigenvalue weighted by molar-refractivity contribution is 0.0981. The van der Waals surface area contributed by atoms with Gasteiger partial charge in [-0.2, -0.15) is 0 Å². The van der Waals surface area contributed by atoms with E-state index in [1.807, 2.05) is 13.0 Å². The first-order chi connectivity index (χ1) is 11.3. The maximum Gasteiger partial charge on any atom is 0.264 e. The SMILES string of the molecule is COc1ccc2c(c1)C(=O)CCN2S(=O)(=O)c1ccc(C)cc1C. The molecular formula is C18H19NO4S. The molecule has 0 amide bonds. The summed E-state index contributed by atoms with van der Waals surface area (Å²) in [6.45, 7) is 3.85. The number of benzene rings is 2. The molecule has 24 heavy (non-hydrogen) atoms. The summed E-state index contributed by atoms with van der Waals surface area (Å²) >= 11 is 0. The number of carbonyl (C=O) groups is 1. The molecule has 0 aliphatic carbocycles. The highest BCUT2D eigenvalue weighted by atomic mass is 32.2. The Labute approximate surface area is 141 Å². The second-order valence-electron chi connectivity index (χ2n) is 5.90. The van der Waals surface area contributed by atoms with Crippen molar-refractivity contribution in [2.45, 2.75) is 25.2 Å². The van der Waals surface area contributed by atoms with Crippen molar-refractivity contribution in [3.05, 3.63) is 53.1 Å². The normalized spacial score (nSPS) is 14.5. The van der Waals surface area contributed by atoms with Crippen molar-refractivity contribution in [1.29, 1.82) is 0 Å². The topological polar surface area (TPSA) is 63.7 Å². The number of aryl methyl sites for hydroxylation is 2. The second kappa shape index (κ2) is 5.94. The number of hydrogen-bond acceptors (Lipinski definition) is 4. The van der Waals surface area contributed by atoms with Gasteiger partial charge in [0.15, 0.2) is 5.78 Å². The average molecular weight is 345 g/mol. The summed E-state index contributed by atoms with van der Waals surface area (Å²) in [7, 11) is -2.21. The van der Waals surface area contributed by atoms with Crippen molar-refractivity contribution in [2.24, 2.45) is 0 Å². The molecule has 0 fully saturated rings. The van der Waals surface area contributed by atoms with Crippen LogP contribution in [0.3, 0.4) is 0 Å². The molecule has 6 heteroatoms. The predicted molar refractivity (Wildman–Crippen MR) is 92.4 cm³/mol. The van der Waals surface area contributed by atoms with Crippen LogP contribution < -0.4 is 9.04 Å². The lowest BCUT2D eigenvalue weighted by Gasteiger charge is -2.30. The lowest BCUT2D eigenvalue weighted by atomic mass is 10.0. The van der Waals surface area contributed by atoms with E-state index in [0.717, 1.165) is 5.56 Å². The molecule has 1 aliphatic heterocycles. The third kappa shape index (κ3) is 2.67. The fourth-order valence-electron chi connectivity index (χ4n) is 3.00. The van der Waals surface area contributed by atoms with E-state index in [1.165, 1.54) is 11.4 Å². The number of Topliss-reactive ketones (excluding diaryl/α,β-unsaturated/α-hetero) is 1. The van der Waals surface area contributed by atoms with Gasteiger partial charge in [0.2, 0.25) is 0 Å². The molecular weight excluding hydrogens is 326 g/mol. The summed E-state index contributed by atoms with van der Waals surface area (Å²) in [6.07, 6.45) is 0.157. The number of hydrogen-bond donors (Lipinski definition) is 0. The molecule has 0 spiro atoms. The smallest absolute Gasteiger partial charge is 0.264 e. The van der Waals surface area contributed by atoms with Crippen LogP contribution in [0.2, 0.25) is 0 Å². The highest BCUT2D eigenvalue weighted by molar-refractivity contribution is 7.92. The number of fused-ring (bicyclic) bond motifs is 1. The highest BCUT2D eigenvalue weighted by Crippen LogP contribution is 2.35. The van der Waals surface area contributed by atoms with Gasteiger partial charge in [-0.3, -0.25) is 9.10 Å². The molecule has 0 aromatic heterocycles. The second-order valence-corrected chi connectivity index (χ2v) is 7.73. The zero-order chi connectivity index (χ0) is 17.5. The van der Waals surface area contributed by atoms with E-state index in [0.29, 0.717) is 22.6 Å². The van der Waals surface area contributed by atoms with Crippen molar-refractivity contribution in [1.82, 2.24) is 0 Å². The molecule has 3 rings (SSSR count). The van der Waals surface area contributed by atoms with Crippen molar-refractivity contribution < 1.29 is 17.9 Å². The van der Waals surface area contributed by atoms with Crippen LogP contribution >= 0.6 is 0 Å². The molecule has 0 unspecified atom stereocenters. The fourth-order valence-corrected chi connectivity index (χ4v) is 4.69. The zero-order valence-corrected chi connectivity index (χ0v) is 14.7. The van der Waals surface area contributed by atoms with Crippen LogP contribution in [0.4, 0.5) is 5.69 Å². The van der Waals surface area contributed by atoms with Gasteiger partial charge in [-0.1, -0.05) is 17.7 Å². The van der Waals surface area contributed by atoms with Gasteiger partial charge in [0.1, 0.15) is 5.75 Å². The summed E-state index contributed by atoms with van der Waals surface area (Å²) in [6, 6.07) is 10.1. The molecule has 0 bridgehead atoms. The Morgan fingerprint density at radius 1 is 1.08 bits per heavy atom. The summed E-state index contributed by atoms with van der Waals surface area (Å²) < 4.78 is 32.7. The van der Waals surface area contributed by atoms with Crippen LogP contribution in [0.1, 0.15) is 27.9 Å². The Morgan fingerprint density at radius 3 is 2.50 bits per heavy atom. The maximum absolute atomic E-state index is 13.1. The molecule has 5 nitrogen and oxygen atoms in total. The van der Waals surface area contributed by atoms with E-state index < -0.39 is 10.0 Å². The minimum atomic E-state index is -3.73. The van der Waals surface area contributed by atoms with Crippen molar-refractivity contribution >= 4 is 21.5 Å². The zero-order valence-electron chi connectivity index (χ0n) is 13.9. The Balaban J connectivity index is 2.13. The van der Waals surface area contributed by atoms with Crippen molar-refractivity contribution in [2.75, 3.05) is 18.0 Å². The van der Waals surface area contributed by atoms with Crippen LogP contribution in [0, 0.1) is 13.8 Å². The standard InChI is InChI=1S/C18H19NO4S/c1-12-4-7-18(13(2)10-12)24(21,22)19-9-8-17(20)15-11-14(23-3)5-6-16(15)19/h4-7,10-11H,8-9H2,1-3H3. The monoisotopic (exact) mass is 345 g/mol. The minimum absolute atomic E-state index is 0.0732. The first-order valence-electron chi connectivity index (χ1n) is 7.66. The number of ketones is 1. The quantitative estimate of drug-likeness (QED) is 0.857. The van der Waals surface area contributed by atoms with Gasteiger partial charge in [0, 0.05) is 18.5 Å². The number of methoxy groups -OCH3 is 1. The fraction of sp³-hybridized carbons (Fsp3) is 0.278. The highest BCUT2D eigenvalue weighted by Gasteiger charge is 2.33. The van der Waals surface area contributed by atoms with Crippen LogP contribution in [-0.4, -0.2) is 27.9 Å². The van der Waals surface area contributed by atoms with Gasteiger partial charge in [0.25, 0.3) is 10.0 Å². The van der Waals surface area contributed by atoms with E-state index >= 15 is 0 Å². The van der Waals surface area contributed by atoms with Gasteiger partial charge in [-0.15, -0.1) is 0 Å². The number of sulfonamides is 1. The number of rotatable bonds is 3. The number of ether oxygens (including phenoxy) is 1. The van der Waals surface area contributed by atoms with Gasteiger partial charge in [0.05, 0.1) is 17.7 Å². The Hall–Kier alpha value is -2.34. The summed E-state index contributed by atoms with van der Waals surface area (Å²) in [4.78, 5) is 12.5. The first kappa shape index (κ1) is 16.5. The van der Waals surface area contributed by atoms with Crippen molar-refractivity contribution in [3.63, 3.8) is 0 Å². The Kier molecular flexibility index (Phi) is 4.09. The van der Waals surface area contributed by atoms with Crippen molar-refractivity contribution in [3.8, 4) is 5.75 Å². The van der Waals surface area contributed by atoms with Gasteiger partial charge in [-0.05, 0) is 43.7 Å². The van der Waals surface area contributed by atoms with Gasteiger partial charge in [-0.25, -0.2) is 8.42 Å².